The smallest absolute Gasteiger partial charge is 0.264 e. The van der Waals surface area contributed by atoms with Crippen molar-refractivity contribution in [3.63, 3.8) is 0 Å². The number of para-hydroxylation sites is 1. The Morgan fingerprint density at radius 3 is 1.97 bits per heavy atom. The lowest BCUT2D eigenvalue weighted by atomic mass is 10.0. The van der Waals surface area contributed by atoms with Crippen LogP contribution in [0.3, 0.4) is 0 Å². The highest BCUT2D eigenvalue weighted by Crippen LogP contribution is 2.29. The fourth-order valence-electron chi connectivity index (χ4n) is 3.83. The molecule has 2 unspecified atom stereocenters. The summed E-state index contributed by atoms with van der Waals surface area (Å²) in [4.78, 5) is 0. The molecule has 0 aromatic heterocycles. The molecular weight excluding hydrogens is 481 g/mol. The first-order valence-corrected chi connectivity index (χ1v) is 11.1. The van der Waals surface area contributed by atoms with Gasteiger partial charge in [0.05, 0.1) is 6.10 Å². The molecule has 0 saturated heterocycles. The predicted octanol–water partition coefficient (Wildman–Crippen LogP) is 3.16. The molecule has 1 aromatic rings. The molecule has 0 fully saturated rings. The van der Waals surface area contributed by atoms with Gasteiger partial charge in [-0.05, 0) is 42.7 Å². The van der Waals surface area contributed by atoms with E-state index >= 15 is 0 Å². The van der Waals surface area contributed by atoms with Gasteiger partial charge in [-0.25, -0.2) is 4.48 Å². The molecule has 0 N–H and O–H groups in total. The van der Waals surface area contributed by atoms with Gasteiger partial charge in [0.25, 0.3) is 6.23 Å². The molecule has 0 aliphatic heterocycles. The number of halogens is 1. The zero-order valence-corrected chi connectivity index (χ0v) is 20.9. The highest BCUT2D eigenvalue weighted by Gasteiger charge is 2.39. The van der Waals surface area contributed by atoms with Crippen LogP contribution in [0.1, 0.15) is 71.6 Å². The quantitative estimate of drug-likeness (QED) is 0.114. The molecule has 0 heterocycles. The minimum absolute atomic E-state index is 0. The Balaban J connectivity index is 0.00000841. The molecule has 30 heavy (non-hydrogen) atoms. The minimum Gasteiger partial charge on any atom is -1.00 e. The lowest BCUT2D eigenvalue weighted by Gasteiger charge is -2.40. The minimum atomic E-state index is -0.499. The van der Waals surface area contributed by atoms with Crippen LogP contribution in [0, 0.1) is 37.0 Å². The van der Waals surface area contributed by atoms with Gasteiger partial charge in [0.1, 0.15) is 18.8 Å². The summed E-state index contributed by atoms with van der Waals surface area (Å²) in [5.74, 6) is 8.45. The second-order valence-corrected chi connectivity index (χ2v) is 7.72. The predicted molar refractivity (Wildman–Crippen MR) is 126 cm³/mol. The van der Waals surface area contributed by atoms with Crippen molar-refractivity contribution in [2.24, 2.45) is 0 Å². The number of hydrogen-bond acceptors (Lipinski definition) is 1. The SMILES string of the molecule is C#CC[N+](CC#C)(c1ccccc1)C(C#C)OC(CCC)CCCCCCCC.[I-]. The third-order valence-electron chi connectivity index (χ3n) is 5.42. The van der Waals surface area contributed by atoms with Crippen molar-refractivity contribution >= 4 is 5.69 Å². The molecule has 1 rings (SSSR count). The molecule has 0 aliphatic rings. The van der Waals surface area contributed by atoms with Crippen molar-refractivity contribution in [1.29, 1.82) is 0 Å². The molecule has 3 heteroatoms. The zero-order valence-electron chi connectivity index (χ0n) is 18.8. The van der Waals surface area contributed by atoms with Gasteiger partial charge in [-0.1, -0.05) is 77.0 Å². The second kappa shape index (κ2) is 17.3. The molecule has 0 aliphatic carbocycles. The molecular formula is C27H38INO. The summed E-state index contributed by atoms with van der Waals surface area (Å²) >= 11 is 0. The molecule has 2 atom stereocenters. The Labute approximate surface area is 202 Å². The number of hydrogen-bond donors (Lipinski definition) is 0. The summed E-state index contributed by atoms with van der Waals surface area (Å²) in [5.41, 5.74) is 1.00. The molecule has 164 valence electrons. The van der Waals surface area contributed by atoms with E-state index in [4.69, 9.17) is 24.0 Å². The monoisotopic (exact) mass is 519 g/mol. The zero-order chi connectivity index (χ0) is 21.4. The molecule has 0 amide bonds. The average Bonchev–Trinajstić information content (AvgIpc) is 2.74. The van der Waals surface area contributed by atoms with Crippen molar-refractivity contribution in [2.45, 2.75) is 84.0 Å². The van der Waals surface area contributed by atoms with Gasteiger partial charge in [0.15, 0.2) is 0 Å². The van der Waals surface area contributed by atoms with Crippen LogP contribution in [0.15, 0.2) is 30.3 Å². The first-order chi connectivity index (χ1) is 14.2. The largest absolute Gasteiger partial charge is 1.00 e. The molecule has 2 nitrogen and oxygen atoms in total. The van der Waals surface area contributed by atoms with Crippen molar-refractivity contribution < 1.29 is 28.7 Å². The van der Waals surface area contributed by atoms with Crippen LogP contribution in [0.5, 0.6) is 0 Å². The van der Waals surface area contributed by atoms with E-state index in [-0.39, 0.29) is 34.6 Å². The van der Waals surface area contributed by atoms with Crippen molar-refractivity contribution in [2.75, 3.05) is 13.1 Å². The second-order valence-electron chi connectivity index (χ2n) is 7.72. The Morgan fingerprint density at radius 1 is 0.833 bits per heavy atom. The number of terminal acetylenes is 3. The van der Waals surface area contributed by atoms with Gasteiger partial charge in [-0.2, -0.15) is 0 Å². The van der Waals surface area contributed by atoms with E-state index < -0.39 is 6.23 Å². The van der Waals surface area contributed by atoms with Crippen LogP contribution in [-0.4, -0.2) is 25.4 Å². The third kappa shape index (κ3) is 9.14. The summed E-state index contributed by atoms with van der Waals surface area (Å²) in [6.45, 7) is 5.23. The summed E-state index contributed by atoms with van der Waals surface area (Å²) in [6.07, 6.45) is 27.8. The molecule has 1 aromatic carbocycles. The number of quaternary nitrogens is 1. The number of benzene rings is 1. The van der Waals surface area contributed by atoms with Crippen LogP contribution in [0.2, 0.25) is 0 Å². The van der Waals surface area contributed by atoms with E-state index in [1.165, 1.54) is 38.5 Å². The van der Waals surface area contributed by atoms with Crippen LogP contribution in [-0.2, 0) is 4.74 Å². The van der Waals surface area contributed by atoms with E-state index in [1.807, 2.05) is 30.3 Å². The van der Waals surface area contributed by atoms with E-state index in [1.54, 1.807) is 0 Å². The Kier molecular flexibility index (Phi) is 16.4. The fraction of sp³-hybridized carbons (Fsp3) is 0.556. The summed E-state index contributed by atoms with van der Waals surface area (Å²) in [6, 6.07) is 10.0. The van der Waals surface area contributed by atoms with Crippen LogP contribution in [0.4, 0.5) is 5.69 Å². The molecule has 0 bridgehead atoms. The van der Waals surface area contributed by atoms with E-state index in [0.717, 1.165) is 24.9 Å². The fourth-order valence-corrected chi connectivity index (χ4v) is 3.83. The van der Waals surface area contributed by atoms with Gasteiger partial charge >= 0.3 is 0 Å². The maximum atomic E-state index is 6.54. The Bertz CT molecular complexity index is 664. The van der Waals surface area contributed by atoms with Crippen molar-refractivity contribution in [1.82, 2.24) is 4.48 Å². The normalized spacial score (nSPS) is 12.6. The van der Waals surface area contributed by atoms with Gasteiger partial charge in [0.2, 0.25) is 0 Å². The van der Waals surface area contributed by atoms with Gasteiger partial charge < -0.3 is 28.7 Å². The van der Waals surface area contributed by atoms with E-state index in [0.29, 0.717) is 13.1 Å². The lowest BCUT2D eigenvalue weighted by Crippen LogP contribution is -3.00. The summed E-state index contributed by atoms with van der Waals surface area (Å²) in [7, 11) is 0. The first kappa shape index (κ1) is 28.5. The molecule has 0 saturated carbocycles. The molecule has 0 spiro atoms. The maximum Gasteiger partial charge on any atom is 0.264 e. The van der Waals surface area contributed by atoms with Gasteiger partial charge in [-0.3, -0.25) is 0 Å². The van der Waals surface area contributed by atoms with Crippen LogP contribution >= 0.6 is 0 Å². The third-order valence-corrected chi connectivity index (χ3v) is 5.42. The van der Waals surface area contributed by atoms with Crippen LogP contribution in [0.25, 0.3) is 0 Å². The maximum absolute atomic E-state index is 6.54. The number of ether oxygens (including phenoxy) is 1. The number of nitrogens with zero attached hydrogens (tertiary/aromatic N) is 1. The number of unbranched alkanes of at least 4 members (excludes halogenated alkanes) is 5. The van der Waals surface area contributed by atoms with E-state index in [2.05, 4.69) is 31.6 Å². The number of rotatable bonds is 15. The molecule has 0 radical (unpaired) electrons. The van der Waals surface area contributed by atoms with Crippen molar-refractivity contribution in [3.8, 4) is 37.0 Å². The highest BCUT2D eigenvalue weighted by atomic mass is 127. The van der Waals surface area contributed by atoms with Crippen molar-refractivity contribution in [3.05, 3.63) is 30.3 Å². The van der Waals surface area contributed by atoms with Gasteiger partial charge in [0, 0.05) is 0 Å². The lowest BCUT2D eigenvalue weighted by molar-refractivity contribution is -0.0606. The highest BCUT2D eigenvalue weighted by molar-refractivity contribution is 5.46. The first-order valence-electron chi connectivity index (χ1n) is 11.1. The summed E-state index contributed by atoms with van der Waals surface area (Å²) < 4.78 is 6.82. The summed E-state index contributed by atoms with van der Waals surface area (Å²) in [5, 5.41) is 0. The standard InChI is InChI=1S/C27H38NO.HI/c1-6-11-12-13-14-18-22-26(19-7-2)29-27(10-5)28(23-8-3,24-9-4)25-20-16-15-17-21-25;/h3-5,15-17,20-21,26-27H,6-7,11-14,18-19,22-24H2,1-2H3;1H/q+1;/p-1. The Morgan fingerprint density at radius 2 is 1.43 bits per heavy atom. The van der Waals surface area contributed by atoms with E-state index in [9.17, 15) is 0 Å². The van der Waals surface area contributed by atoms with Crippen LogP contribution < -0.4 is 28.5 Å². The average molecular weight is 520 g/mol. The Hall–Kier alpha value is -1.45. The van der Waals surface area contributed by atoms with Gasteiger partial charge in [-0.15, -0.1) is 19.3 Å². The topological polar surface area (TPSA) is 9.23 Å².